The molecule has 1 fully saturated rings. The van der Waals surface area contributed by atoms with Gasteiger partial charge >= 0.3 is 11.7 Å². The molecule has 0 unspecified atom stereocenters. The van der Waals surface area contributed by atoms with Crippen LogP contribution < -0.4 is 9.47 Å². The van der Waals surface area contributed by atoms with Gasteiger partial charge in [0.15, 0.2) is 5.75 Å². The molecule has 9 heteroatoms. The quantitative estimate of drug-likeness (QED) is 0.640. The Morgan fingerprint density at radius 2 is 2.04 bits per heavy atom. The SMILES string of the molecule is COc1cc(C(=O)N2CCC[C@@H]2C(=O)O)cc([N+](=O)[O-])c1OC. The lowest BCUT2D eigenvalue weighted by molar-refractivity contribution is -0.385. The maximum atomic E-state index is 12.5. The molecule has 0 saturated carbocycles. The van der Waals surface area contributed by atoms with E-state index in [-0.39, 0.29) is 23.6 Å². The second-order valence-electron chi connectivity index (χ2n) is 4.98. The van der Waals surface area contributed by atoms with Crippen molar-refractivity contribution in [1.29, 1.82) is 0 Å². The molecular formula is C14H16N2O7. The number of aliphatic carboxylic acids is 1. The van der Waals surface area contributed by atoms with E-state index in [2.05, 4.69) is 0 Å². The highest BCUT2D eigenvalue weighted by molar-refractivity contribution is 5.98. The Balaban J connectivity index is 2.46. The first-order chi connectivity index (χ1) is 10.9. The van der Waals surface area contributed by atoms with Crippen molar-refractivity contribution in [2.24, 2.45) is 0 Å². The highest BCUT2D eigenvalue weighted by Crippen LogP contribution is 2.38. The molecule has 9 nitrogen and oxygen atoms in total. The van der Waals surface area contributed by atoms with Crippen LogP contribution in [0.2, 0.25) is 0 Å². The van der Waals surface area contributed by atoms with Gasteiger partial charge in [-0.15, -0.1) is 0 Å². The molecule has 1 amide bonds. The predicted molar refractivity (Wildman–Crippen MR) is 77.9 cm³/mol. The van der Waals surface area contributed by atoms with E-state index in [9.17, 15) is 19.7 Å². The zero-order valence-electron chi connectivity index (χ0n) is 12.6. The second kappa shape index (κ2) is 6.51. The van der Waals surface area contributed by atoms with E-state index in [0.717, 1.165) is 6.07 Å². The van der Waals surface area contributed by atoms with Crippen molar-refractivity contribution in [3.63, 3.8) is 0 Å². The molecule has 0 bridgehead atoms. The zero-order valence-corrected chi connectivity index (χ0v) is 12.6. The number of hydrogen-bond donors (Lipinski definition) is 1. The molecular weight excluding hydrogens is 308 g/mol. The summed E-state index contributed by atoms with van der Waals surface area (Å²) in [6.07, 6.45) is 0.925. The zero-order chi connectivity index (χ0) is 17.1. The molecule has 23 heavy (non-hydrogen) atoms. The van der Waals surface area contributed by atoms with Gasteiger partial charge in [-0.2, -0.15) is 0 Å². The van der Waals surface area contributed by atoms with Crippen molar-refractivity contribution >= 4 is 17.6 Å². The fraction of sp³-hybridized carbons (Fsp3) is 0.429. The normalized spacial score (nSPS) is 17.0. The van der Waals surface area contributed by atoms with Gasteiger partial charge in [-0.1, -0.05) is 0 Å². The highest BCUT2D eigenvalue weighted by atomic mass is 16.6. The number of benzene rings is 1. The molecule has 1 aromatic carbocycles. The molecule has 1 N–H and O–H groups in total. The van der Waals surface area contributed by atoms with E-state index >= 15 is 0 Å². The Morgan fingerprint density at radius 1 is 1.35 bits per heavy atom. The molecule has 0 radical (unpaired) electrons. The van der Waals surface area contributed by atoms with Crippen LogP contribution in [0.1, 0.15) is 23.2 Å². The number of nitro groups is 1. The van der Waals surface area contributed by atoms with E-state index in [1.165, 1.54) is 25.2 Å². The number of carbonyl (C=O) groups is 2. The van der Waals surface area contributed by atoms with Crippen molar-refractivity contribution in [2.75, 3.05) is 20.8 Å². The summed E-state index contributed by atoms with van der Waals surface area (Å²) in [6, 6.07) is 1.46. The maximum absolute atomic E-state index is 12.5. The van der Waals surface area contributed by atoms with Gasteiger partial charge in [-0.3, -0.25) is 14.9 Å². The monoisotopic (exact) mass is 324 g/mol. The molecule has 1 atom stereocenters. The van der Waals surface area contributed by atoms with E-state index in [0.29, 0.717) is 12.8 Å². The number of carbonyl (C=O) groups excluding carboxylic acids is 1. The summed E-state index contributed by atoms with van der Waals surface area (Å²) in [4.78, 5) is 35.4. The van der Waals surface area contributed by atoms with Crippen LogP contribution in [0.25, 0.3) is 0 Å². The third-order valence-corrected chi connectivity index (χ3v) is 3.70. The van der Waals surface area contributed by atoms with E-state index in [1.54, 1.807) is 0 Å². The van der Waals surface area contributed by atoms with E-state index in [4.69, 9.17) is 14.6 Å². The number of methoxy groups -OCH3 is 2. The average Bonchev–Trinajstić information content (AvgIpc) is 3.02. The number of carboxylic acid groups (broad SMARTS) is 1. The third-order valence-electron chi connectivity index (χ3n) is 3.70. The van der Waals surface area contributed by atoms with Gasteiger partial charge in [-0.25, -0.2) is 4.79 Å². The number of amides is 1. The van der Waals surface area contributed by atoms with Gasteiger partial charge in [0.1, 0.15) is 6.04 Å². The Morgan fingerprint density at radius 3 is 2.57 bits per heavy atom. The topological polar surface area (TPSA) is 119 Å². The standard InChI is InChI=1S/C14H16N2O7/c1-22-11-7-8(6-10(16(20)21)12(11)23-2)13(17)15-5-3-4-9(15)14(18)19/h6-7,9H,3-5H2,1-2H3,(H,18,19)/t9-/m1/s1. The van der Waals surface area contributed by atoms with Crippen molar-refractivity contribution in [1.82, 2.24) is 4.90 Å². The van der Waals surface area contributed by atoms with Crippen LogP contribution in [0.3, 0.4) is 0 Å². The maximum Gasteiger partial charge on any atom is 0.326 e. The molecule has 0 aromatic heterocycles. The van der Waals surface area contributed by atoms with Crippen LogP contribution in [0.4, 0.5) is 5.69 Å². The summed E-state index contributed by atoms with van der Waals surface area (Å²) < 4.78 is 10.0. The highest BCUT2D eigenvalue weighted by Gasteiger charge is 2.35. The van der Waals surface area contributed by atoms with Crippen LogP contribution in [0.5, 0.6) is 11.5 Å². The summed E-state index contributed by atoms with van der Waals surface area (Å²) in [5.74, 6) is -1.73. The summed E-state index contributed by atoms with van der Waals surface area (Å²) in [5, 5.41) is 20.3. The Bertz CT molecular complexity index is 659. The minimum atomic E-state index is -1.09. The Hall–Kier alpha value is -2.84. The summed E-state index contributed by atoms with van der Waals surface area (Å²) in [5.41, 5.74) is -0.427. The van der Waals surface area contributed by atoms with E-state index in [1.807, 2.05) is 0 Å². The summed E-state index contributed by atoms with van der Waals surface area (Å²) >= 11 is 0. The smallest absolute Gasteiger partial charge is 0.326 e. The van der Waals surface area contributed by atoms with E-state index < -0.39 is 28.5 Å². The largest absolute Gasteiger partial charge is 0.493 e. The number of likely N-dealkylation sites (tertiary alicyclic amines) is 1. The fourth-order valence-corrected chi connectivity index (χ4v) is 2.64. The van der Waals surface area contributed by atoms with Gasteiger partial charge in [-0.05, 0) is 18.9 Å². The lowest BCUT2D eigenvalue weighted by Gasteiger charge is -2.21. The minimum absolute atomic E-state index is 0.0116. The third kappa shape index (κ3) is 3.03. The average molecular weight is 324 g/mol. The van der Waals surface area contributed by atoms with Crippen molar-refractivity contribution < 1.29 is 29.1 Å². The Labute approximate surface area is 131 Å². The van der Waals surface area contributed by atoms with Crippen molar-refractivity contribution in [3.05, 3.63) is 27.8 Å². The molecule has 1 aliphatic rings. The molecule has 1 aliphatic heterocycles. The van der Waals surface area contributed by atoms with Crippen LogP contribution in [-0.4, -0.2) is 53.6 Å². The van der Waals surface area contributed by atoms with Crippen molar-refractivity contribution in [3.8, 4) is 11.5 Å². The molecule has 0 spiro atoms. The first kappa shape index (κ1) is 16.5. The number of ether oxygens (including phenoxy) is 2. The summed E-state index contributed by atoms with van der Waals surface area (Å²) in [7, 11) is 2.55. The van der Waals surface area contributed by atoms with Gasteiger partial charge in [0.2, 0.25) is 5.75 Å². The first-order valence-corrected chi connectivity index (χ1v) is 6.85. The molecule has 124 valence electrons. The van der Waals surface area contributed by atoms with Gasteiger partial charge in [0.25, 0.3) is 5.91 Å². The van der Waals surface area contributed by atoms with Gasteiger partial charge < -0.3 is 19.5 Å². The first-order valence-electron chi connectivity index (χ1n) is 6.85. The minimum Gasteiger partial charge on any atom is -0.493 e. The number of rotatable bonds is 5. The fourth-order valence-electron chi connectivity index (χ4n) is 2.64. The lowest BCUT2D eigenvalue weighted by Crippen LogP contribution is -2.40. The predicted octanol–water partition coefficient (Wildman–Crippen LogP) is 1.30. The number of carboxylic acids is 1. The lowest BCUT2D eigenvalue weighted by atomic mass is 10.1. The van der Waals surface area contributed by atoms with Crippen LogP contribution in [0.15, 0.2) is 12.1 Å². The molecule has 1 heterocycles. The van der Waals surface area contributed by atoms with Crippen LogP contribution in [-0.2, 0) is 4.79 Å². The van der Waals surface area contributed by atoms with Crippen LogP contribution >= 0.6 is 0 Å². The number of nitro benzene ring substituents is 1. The number of nitrogens with zero attached hydrogens (tertiary/aromatic N) is 2. The summed E-state index contributed by atoms with van der Waals surface area (Å²) in [6.45, 7) is 0.290. The van der Waals surface area contributed by atoms with Gasteiger partial charge in [0.05, 0.1) is 24.7 Å². The molecule has 0 aliphatic carbocycles. The van der Waals surface area contributed by atoms with Gasteiger partial charge in [0, 0.05) is 12.6 Å². The van der Waals surface area contributed by atoms with Crippen molar-refractivity contribution in [2.45, 2.75) is 18.9 Å². The molecule has 1 saturated heterocycles. The van der Waals surface area contributed by atoms with Crippen LogP contribution in [0, 0.1) is 10.1 Å². The number of hydrogen-bond acceptors (Lipinski definition) is 6. The Kier molecular flexibility index (Phi) is 4.68. The molecule has 1 aromatic rings. The second-order valence-corrected chi connectivity index (χ2v) is 4.98. The molecule has 2 rings (SSSR count).